The quantitative estimate of drug-likeness (QED) is 0.835. The normalized spacial score (nSPS) is 26.6. The van der Waals surface area contributed by atoms with Crippen molar-refractivity contribution >= 4 is 11.8 Å². The summed E-state index contributed by atoms with van der Waals surface area (Å²) >= 11 is 0. The van der Waals surface area contributed by atoms with Gasteiger partial charge in [0.05, 0.1) is 6.54 Å². The average Bonchev–Trinajstić information content (AvgIpc) is 2.95. The molecule has 1 saturated carbocycles. The number of amides is 2. The fourth-order valence-electron chi connectivity index (χ4n) is 3.23. The molecule has 20 heavy (non-hydrogen) atoms. The van der Waals surface area contributed by atoms with Crippen molar-refractivity contribution in [1.29, 1.82) is 0 Å². The number of carbonyl (C=O) groups is 2. The standard InChI is InChI=1S/C15H27N3O2/c1-17(11-15(20)18-8-4-5-9-18)14(19)10-12-6-2-3-7-13(12)16/h12-13H,2-11,16H2,1H3. The average molecular weight is 281 g/mol. The van der Waals surface area contributed by atoms with E-state index in [1.165, 1.54) is 12.8 Å². The van der Waals surface area contributed by atoms with E-state index < -0.39 is 0 Å². The number of rotatable bonds is 4. The summed E-state index contributed by atoms with van der Waals surface area (Å²) in [7, 11) is 1.73. The van der Waals surface area contributed by atoms with Gasteiger partial charge in [-0.2, -0.15) is 0 Å². The van der Waals surface area contributed by atoms with Crippen molar-refractivity contribution in [2.24, 2.45) is 11.7 Å². The van der Waals surface area contributed by atoms with E-state index >= 15 is 0 Å². The van der Waals surface area contributed by atoms with E-state index in [0.29, 0.717) is 12.3 Å². The van der Waals surface area contributed by atoms with Crippen molar-refractivity contribution in [1.82, 2.24) is 9.80 Å². The monoisotopic (exact) mass is 281 g/mol. The van der Waals surface area contributed by atoms with Crippen molar-refractivity contribution in [2.75, 3.05) is 26.7 Å². The molecule has 2 amide bonds. The number of nitrogens with zero attached hydrogens (tertiary/aromatic N) is 2. The van der Waals surface area contributed by atoms with Gasteiger partial charge >= 0.3 is 0 Å². The van der Waals surface area contributed by atoms with Crippen LogP contribution in [0.15, 0.2) is 0 Å². The molecule has 2 unspecified atom stereocenters. The van der Waals surface area contributed by atoms with Gasteiger partial charge in [0, 0.05) is 32.6 Å². The van der Waals surface area contributed by atoms with Crippen molar-refractivity contribution in [3.05, 3.63) is 0 Å². The predicted octanol–water partition coefficient (Wildman–Crippen LogP) is 0.975. The Hall–Kier alpha value is -1.10. The lowest BCUT2D eigenvalue weighted by Gasteiger charge is -2.29. The minimum Gasteiger partial charge on any atom is -0.341 e. The van der Waals surface area contributed by atoms with Gasteiger partial charge in [0.1, 0.15) is 0 Å². The van der Waals surface area contributed by atoms with Gasteiger partial charge in [-0.3, -0.25) is 9.59 Å². The third kappa shape index (κ3) is 3.95. The number of hydrogen-bond donors (Lipinski definition) is 1. The summed E-state index contributed by atoms with van der Waals surface area (Å²) in [5, 5.41) is 0. The van der Waals surface area contributed by atoms with Crippen LogP contribution in [-0.2, 0) is 9.59 Å². The van der Waals surface area contributed by atoms with Crippen LogP contribution in [0, 0.1) is 5.92 Å². The molecule has 5 nitrogen and oxygen atoms in total. The van der Waals surface area contributed by atoms with E-state index in [4.69, 9.17) is 5.73 Å². The summed E-state index contributed by atoms with van der Waals surface area (Å²) in [6.45, 7) is 1.89. The first-order valence-electron chi connectivity index (χ1n) is 7.85. The summed E-state index contributed by atoms with van der Waals surface area (Å²) in [5.41, 5.74) is 6.08. The van der Waals surface area contributed by atoms with Gasteiger partial charge in [-0.25, -0.2) is 0 Å². The SMILES string of the molecule is CN(CC(=O)N1CCCC1)C(=O)CC1CCCCC1N. The van der Waals surface area contributed by atoms with Crippen LogP contribution < -0.4 is 5.73 Å². The molecule has 0 aromatic rings. The molecule has 2 fully saturated rings. The highest BCUT2D eigenvalue weighted by Crippen LogP contribution is 2.26. The van der Waals surface area contributed by atoms with E-state index in [-0.39, 0.29) is 24.4 Å². The molecule has 0 bridgehead atoms. The van der Waals surface area contributed by atoms with Crippen LogP contribution in [0.4, 0.5) is 0 Å². The summed E-state index contributed by atoms with van der Waals surface area (Å²) in [5.74, 6) is 0.423. The highest BCUT2D eigenvalue weighted by atomic mass is 16.2. The summed E-state index contributed by atoms with van der Waals surface area (Å²) < 4.78 is 0. The topological polar surface area (TPSA) is 66.6 Å². The molecular formula is C15H27N3O2. The summed E-state index contributed by atoms with van der Waals surface area (Å²) in [6, 6.07) is 0.149. The van der Waals surface area contributed by atoms with E-state index in [1.807, 2.05) is 4.90 Å². The second-order valence-electron chi connectivity index (χ2n) is 6.25. The minimum atomic E-state index is 0.0555. The summed E-state index contributed by atoms with van der Waals surface area (Å²) in [6.07, 6.45) is 7.07. The Bertz CT molecular complexity index is 353. The van der Waals surface area contributed by atoms with Crippen LogP contribution in [-0.4, -0.2) is 54.3 Å². The maximum absolute atomic E-state index is 12.2. The number of likely N-dealkylation sites (N-methyl/N-ethyl adjacent to an activating group) is 1. The third-order valence-corrected chi connectivity index (χ3v) is 4.66. The van der Waals surface area contributed by atoms with E-state index in [9.17, 15) is 9.59 Å². The highest BCUT2D eigenvalue weighted by Gasteiger charge is 2.27. The third-order valence-electron chi connectivity index (χ3n) is 4.66. The maximum atomic E-state index is 12.2. The molecule has 0 radical (unpaired) electrons. The first kappa shape index (κ1) is 15.3. The van der Waals surface area contributed by atoms with Gasteiger partial charge in [-0.15, -0.1) is 0 Å². The van der Waals surface area contributed by atoms with Crippen LogP contribution in [0.3, 0.4) is 0 Å². The first-order chi connectivity index (χ1) is 9.58. The fourth-order valence-corrected chi connectivity index (χ4v) is 3.23. The lowest BCUT2D eigenvalue weighted by Crippen LogP contribution is -2.42. The highest BCUT2D eigenvalue weighted by molar-refractivity contribution is 5.84. The molecule has 0 spiro atoms. The fraction of sp³-hybridized carbons (Fsp3) is 0.867. The molecule has 1 aliphatic carbocycles. The van der Waals surface area contributed by atoms with Crippen molar-refractivity contribution < 1.29 is 9.59 Å². The van der Waals surface area contributed by atoms with Crippen LogP contribution >= 0.6 is 0 Å². The minimum absolute atomic E-state index is 0.0555. The Morgan fingerprint density at radius 2 is 1.80 bits per heavy atom. The molecule has 114 valence electrons. The molecule has 0 aromatic heterocycles. The van der Waals surface area contributed by atoms with Crippen LogP contribution in [0.5, 0.6) is 0 Å². The van der Waals surface area contributed by atoms with Crippen molar-refractivity contribution in [3.8, 4) is 0 Å². The van der Waals surface area contributed by atoms with Gasteiger partial charge in [0.2, 0.25) is 11.8 Å². The molecular weight excluding hydrogens is 254 g/mol. The lowest BCUT2D eigenvalue weighted by atomic mass is 9.83. The van der Waals surface area contributed by atoms with Crippen molar-refractivity contribution in [3.63, 3.8) is 0 Å². The molecule has 2 rings (SSSR count). The largest absolute Gasteiger partial charge is 0.341 e. The second-order valence-corrected chi connectivity index (χ2v) is 6.25. The van der Waals surface area contributed by atoms with Gasteiger partial charge in [0.25, 0.3) is 0 Å². The smallest absolute Gasteiger partial charge is 0.242 e. The zero-order valence-electron chi connectivity index (χ0n) is 12.5. The Morgan fingerprint density at radius 3 is 2.45 bits per heavy atom. The number of nitrogens with two attached hydrogens (primary N) is 1. The van der Waals surface area contributed by atoms with E-state index in [0.717, 1.165) is 38.8 Å². The van der Waals surface area contributed by atoms with Gasteiger partial charge in [0.15, 0.2) is 0 Å². The number of carbonyl (C=O) groups excluding carboxylic acids is 2. The van der Waals surface area contributed by atoms with Gasteiger partial charge < -0.3 is 15.5 Å². The van der Waals surface area contributed by atoms with E-state index in [2.05, 4.69) is 0 Å². The van der Waals surface area contributed by atoms with Crippen LogP contribution in [0.25, 0.3) is 0 Å². The van der Waals surface area contributed by atoms with Crippen LogP contribution in [0.1, 0.15) is 44.9 Å². The molecule has 1 aliphatic heterocycles. The van der Waals surface area contributed by atoms with Crippen LogP contribution in [0.2, 0.25) is 0 Å². The maximum Gasteiger partial charge on any atom is 0.242 e. The molecule has 0 aromatic carbocycles. The Labute approximate surface area is 121 Å². The molecule has 1 saturated heterocycles. The first-order valence-corrected chi connectivity index (χ1v) is 7.85. The molecule has 5 heteroatoms. The zero-order valence-corrected chi connectivity index (χ0v) is 12.5. The van der Waals surface area contributed by atoms with E-state index in [1.54, 1.807) is 11.9 Å². The van der Waals surface area contributed by atoms with Gasteiger partial charge in [-0.05, 0) is 31.6 Å². The number of likely N-dealkylation sites (tertiary alicyclic amines) is 1. The van der Waals surface area contributed by atoms with Gasteiger partial charge in [-0.1, -0.05) is 12.8 Å². The number of hydrogen-bond acceptors (Lipinski definition) is 3. The Balaban J connectivity index is 1.77. The predicted molar refractivity (Wildman–Crippen MR) is 78.0 cm³/mol. The Kier molecular flexibility index (Phi) is 5.40. The second kappa shape index (κ2) is 7.07. The molecule has 1 heterocycles. The molecule has 2 N–H and O–H groups in total. The summed E-state index contributed by atoms with van der Waals surface area (Å²) in [4.78, 5) is 27.7. The molecule has 2 aliphatic rings. The molecule has 2 atom stereocenters. The Morgan fingerprint density at radius 1 is 1.15 bits per heavy atom. The van der Waals surface area contributed by atoms with Crippen molar-refractivity contribution in [2.45, 2.75) is 51.0 Å². The lowest BCUT2D eigenvalue weighted by molar-refractivity contribution is -0.139. The zero-order chi connectivity index (χ0) is 14.5.